The van der Waals surface area contributed by atoms with E-state index in [9.17, 15) is 10.2 Å². The van der Waals surface area contributed by atoms with Gasteiger partial charge >= 0.3 is 0 Å². The maximum atomic E-state index is 9.40. The van der Waals surface area contributed by atoms with Crippen LogP contribution in [-0.4, -0.2) is 22.4 Å². The van der Waals surface area contributed by atoms with Gasteiger partial charge in [0.25, 0.3) is 0 Å². The fourth-order valence-corrected chi connectivity index (χ4v) is 2.21. The minimum Gasteiger partial charge on any atom is -0.393 e. The van der Waals surface area contributed by atoms with Crippen molar-refractivity contribution in [1.82, 2.24) is 0 Å². The second-order valence-corrected chi connectivity index (χ2v) is 3.42. The van der Waals surface area contributed by atoms with E-state index in [2.05, 4.69) is 6.58 Å². The van der Waals surface area contributed by atoms with E-state index in [-0.39, 0.29) is 12.0 Å². The summed E-state index contributed by atoms with van der Waals surface area (Å²) in [5.74, 6) is 0.493. The fraction of sp³-hybridized carbons (Fsp3) is 0.750. The normalized spacial score (nSPS) is 52.4. The highest BCUT2D eigenvalue weighted by molar-refractivity contribution is 5.21. The zero-order chi connectivity index (χ0) is 7.30. The van der Waals surface area contributed by atoms with Gasteiger partial charge in [-0.3, -0.25) is 0 Å². The first kappa shape index (κ1) is 6.38. The summed E-state index contributed by atoms with van der Waals surface area (Å²) < 4.78 is 0. The van der Waals surface area contributed by atoms with Gasteiger partial charge < -0.3 is 10.2 Å². The predicted molar refractivity (Wildman–Crippen MR) is 37.4 cm³/mol. The molecule has 0 radical (unpaired) electrons. The van der Waals surface area contributed by atoms with Gasteiger partial charge in [-0.1, -0.05) is 6.58 Å². The Morgan fingerprint density at radius 3 is 2.40 bits per heavy atom. The summed E-state index contributed by atoms with van der Waals surface area (Å²) in [6.07, 6.45) is 1.07. The number of aliphatic hydroxyl groups excluding tert-OH is 2. The minimum atomic E-state index is -0.422. The Labute approximate surface area is 60.2 Å². The molecule has 0 aromatic heterocycles. The van der Waals surface area contributed by atoms with E-state index in [0.717, 1.165) is 18.4 Å². The molecule has 2 nitrogen and oxygen atoms in total. The summed E-state index contributed by atoms with van der Waals surface area (Å²) in [6.45, 7) is 3.79. The molecule has 2 N–H and O–H groups in total. The quantitative estimate of drug-likeness (QED) is 0.475. The second-order valence-electron chi connectivity index (χ2n) is 3.42. The maximum absolute atomic E-state index is 9.40. The average Bonchev–Trinajstić information content (AvgIpc) is 2.36. The van der Waals surface area contributed by atoms with E-state index in [0.29, 0.717) is 5.92 Å². The molecule has 2 bridgehead atoms. The summed E-state index contributed by atoms with van der Waals surface area (Å²) in [5.41, 5.74) is 0.940. The van der Waals surface area contributed by atoms with Gasteiger partial charge in [0.15, 0.2) is 0 Å². The Hall–Kier alpha value is -0.340. The zero-order valence-electron chi connectivity index (χ0n) is 5.83. The summed E-state index contributed by atoms with van der Waals surface area (Å²) in [7, 11) is 0. The summed E-state index contributed by atoms with van der Waals surface area (Å²) in [5, 5.41) is 18.7. The fourth-order valence-electron chi connectivity index (χ4n) is 2.21. The van der Waals surface area contributed by atoms with Gasteiger partial charge in [-0.15, -0.1) is 0 Å². The molecule has 2 saturated carbocycles. The summed E-state index contributed by atoms with van der Waals surface area (Å²) in [6, 6.07) is 0. The smallest absolute Gasteiger partial charge is 0.0803 e. The van der Waals surface area contributed by atoms with Gasteiger partial charge in [0.05, 0.1) is 12.2 Å². The molecule has 4 unspecified atom stereocenters. The summed E-state index contributed by atoms with van der Waals surface area (Å²) in [4.78, 5) is 0. The van der Waals surface area contributed by atoms with Crippen LogP contribution in [0.15, 0.2) is 12.2 Å². The highest BCUT2D eigenvalue weighted by Crippen LogP contribution is 2.47. The van der Waals surface area contributed by atoms with Crippen molar-refractivity contribution >= 4 is 0 Å². The van der Waals surface area contributed by atoms with Gasteiger partial charge in [0, 0.05) is 5.92 Å². The van der Waals surface area contributed by atoms with Gasteiger partial charge in [-0.05, 0) is 24.3 Å². The van der Waals surface area contributed by atoms with Crippen molar-refractivity contribution < 1.29 is 10.2 Å². The van der Waals surface area contributed by atoms with Crippen molar-refractivity contribution in [2.24, 2.45) is 11.8 Å². The minimum absolute atomic E-state index is 0.0949. The lowest BCUT2D eigenvalue weighted by Gasteiger charge is -2.23. The Morgan fingerprint density at radius 2 is 2.00 bits per heavy atom. The van der Waals surface area contributed by atoms with E-state index in [1.54, 1.807) is 0 Å². The molecule has 2 aliphatic carbocycles. The van der Waals surface area contributed by atoms with Gasteiger partial charge in [-0.25, -0.2) is 0 Å². The third kappa shape index (κ3) is 0.607. The van der Waals surface area contributed by atoms with Crippen molar-refractivity contribution in [3.8, 4) is 0 Å². The number of hydrogen-bond donors (Lipinski definition) is 2. The van der Waals surface area contributed by atoms with Crippen molar-refractivity contribution in [3.63, 3.8) is 0 Å². The highest BCUT2D eigenvalue weighted by atomic mass is 16.3. The second kappa shape index (κ2) is 1.83. The third-order valence-corrected chi connectivity index (χ3v) is 2.89. The SMILES string of the molecule is C=C1C2CC(O)C(C2)C1O. The lowest BCUT2D eigenvalue weighted by atomic mass is 9.91. The molecule has 0 heterocycles. The highest BCUT2D eigenvalue weighted by Gasteiger charge is 2.47. The molecule has 0 spiro atoms. The van der Waals surface area contributed by atoms with E-state index in [4.69, 9.17) is 0 Å². The van der Waals surface area contributed by atoms with Crippen LogP contribution in [0.1, 0.15) is 12.8 Å². The number of hydrogen-bond acceptors (Lipinski definition) is 2. The van der Waals surface area contributed by atoms with Crippen molar-refractivity contribution in [3.05, 3.63) is 12.2 Å². The van der Waals surface area contributed by atoms with Crippen molar-refractivity contribution in [1.29, 1.82) is 0 Å². The van der Waals surface area contributed by atoms with Crippen molar-refractivity contribution in [2.45, 2.75) is 25.0 Å². The van der Waals surface area contributed by atoms with E-state index < -0.39 is 6.10 Å². The Bertz CT molecular complexity index is 172. The molecule has 0 aliphatic heterocycles. The topological polar surface area (TPSA) is 40.5 Å². The largest absolute Gasteiger partial charge is 0.393 e. The number of aliphatic hydroxyl groups is 2. The molecule has 2 rings (SSSR count). The molecule has 0 aromatic rings. The average molecular weight is 140 g/mol. The van der Waals surface area contributed by atoms with Gasteiger partial charge in [-0.2, -0.15) is 0 Å². The summed E-state index contributed by atoms with van der Waals surface area (Å²) >= 11 is 0. The van der Waals surface area contributed by atoms with Crippen molar-refractivity contribution in [2.75, 3.05) is 0 Å². The third-order valence-electron chi connectivity index (χ3n) is 2.89. The first-order chi connectivity index (χ1) is 4.70. The lowest BCUT2D eigenvalue weighted by Crippen LogP contribution is -2.29. The molecular formula is C8H12O2. The van der Waals surface area contributed by atoms with Crippen LogP contribution < -0.4 is 0 Å². The van der Waals surface area contributed by atoms with Crippen LogP contribution in [0.4, 0.5) is 0 Å². The Balaban J connectivity index is 2.24. The van der Waals surface area contributed by atoms with Crippen LogP contribution in [0.2, 0.25) is 0 Å². The van der Waals surface area contributed by atoms with Crippen LogP contribution in [0.5, 0.6) is 0 Å². The maximum Gasteiger partial charge on any atom is 0.0803 e. The van der Waals surface area contributed by atoms with Crippen LogP contribution in [-0.2, 0) is 0 Å². The number of fused-ring (bicyclic) bond motifs is 2. The molecule has 0 aromatic carbocycles. The van der Waals surface area contributed by atoms with Gasteiger partial charge in [0.2, 0.25) is 0 Å². The molecule has 2 heteroatoms. The van der Waals surface area contributed by atoms with Crippen LogP contribution >= 0.6 is 0 Å². The molecule has 0 amide bonds. The standard InChI is InChI=1S/C8H12O2/c1-4-5-2-6(8(4)10)7(9)3-5/h5-10H,1-3H2. The van der Waals surface area contributed by atoms with Crippen LogP contribution in [0.25, 0.3) is 0 Å². The van der Waals surface area contributed by atoms with Crippen LogP contribution in [0, 0.1) is 11.8 Å². The zero-order valence-corrected chi connectivity index (χ0v) is 5.83. The van der Waals surface area contributed by atoms with E-state index in [1.165, 1.54) is 0 Å². The van der Waals surface area contributed by atoms with E-state index in [1.807, 2.05) is 0 Å². The van der Waals surface area contributed by atoms with Crippen LogP contribution in [0.3, 0.4) is 0 Å². The first-order valence-electron chi connectivity index (χ1n) is 3.75. The predicted octanol–water partition coefficient (Wildman–Crippen LogP) is 0.304. The molecular weight excluding hydrogens is 128 g/mol. The monoisotopic (exact) mass is 140 g/mol. The van der Waals surface area contributed by atoms with E-state index >= 15 is 0 Å². The molecule has 10 heavy (non-hydrogen) atoms. The molecule has 0 saturated heterocycles. The lowest BCUT2D eigenvalue weighted by molar-refractivity contribution is 0.0454. The Morgan fingerprint density at radius 1 is 1.30 bits per heavy atom. The molecule has 2 aliphatic rings. The molecule has 56 valence electrons. The number of rotatable bonds is 0. The Kier molecular flexibility index (Phi) is 1.17. The first-order valence-corrected chi connectivity index (χ1v) is 3.75. The van der Waals surface area contributed by atoms with Gasteiger partial charge in [0.1, 0.15) is 0 Å². The molecule has 2 fully saturated rings. The molecule has 4 atom stereocenters.